The van der Waals surface area contributed by atoms with Crippen LogP contribution in [0.25, 0.3) is 0 Å². The lowest BCUT2D eigenvalue weighted by Crippen LogP contribution is -2.41. The minimum absolute atomic E-state index is 0.270. The third kappa shape index (κ3) is 5.63. The number of benzene rings is 2. The Kier molecular flexibility index (Phi) is 8.13. The molecule has 0 saturated carbocycles. The van der Waals surface area contributed by atoms with E-state index < -0.39 is 11.8 Å². The van der Waals surface area contributed by atoms with Gasteiger partial charge in [-0.1, -0.05) is 15.9 Å². The summed E-state index contributed by atoms with van der Waals surface area (Å²) in [5.41, 5.74) is 5.48. The van der Waals surface area contributed by atoms with Crippen molar-refractivity contribution in [3.8, 4) is 17.2 Å². The molecule has 150 valence electrons. The summed E-state index contributed by atoms with van der Waals surface area (Å²) in [6, 6.07) is 9.87. The zero-order valence-electron chi connectivity index (χ0n) is 16.0. The summed E-state index contributed by atoms with van der Waals surface area (Å²) < 4.78 is 17.7. The van der Waals surface area contributed by atoms with Crippen molar-refractivity contribution in [1.82, 2.24) is 10.9 Å². The summed E-state index contributed by atoms with van der Waals surface area (Å²) in [5, 5.41) is 0. The highest BCUT2D eigenvalue weighted by atomic mass is 79.9. The summed E-state index contributed by atoms with van der Waals surface area (Å²) in [6.07, 6.45) is 0. The van der Waals surface area contributed by atoms with Crippen molar-refractivity contribution in [2.75, 3.05) is 19.8 Å². The van der Waals surface area contributed by atoms with E-state index in [0.29, 0.717) is 42.6 Å². The summed E-state index contributed by atoms with van der Waals surface area (Å²) in [6.45, 7) is 6.75. The van der Waals surface area contributed by atoms with E-state index in [-0.39, 0.29) is 5.56 Å². The molecule has 2 rings (SSSR count). The lowest BCUT2D eigenvalue weighted by atomic mass is 10.1. The molecule has 0 aromatic heterocycles. The van der Waals surface area contributed by atoms with Crippen LogP contribution in [0.1, 0.15) is 41.5 Å². The fourth-order valence-corrected chi connectivity index (χ4v) is 2.64. The smallest absolute Gasteiger partial charge is 0.269 e. The summed E-state index contributed by atoms with van der Waals surface area (Å²) in [7, 11) is 0. The molecule has 2 amide bonds. The van der Waals surface area contributed by atoms with Crippen LogP contribution < -0.4 is 25.1 Å². The Bertz CT molecular complexity index is 797. The molecule has 0 heterocycles. The van der Waals surface area contributed by atoms with E-state index in [1.165, 1.54) is 0 Å². The van der Waals surface area contributed by atoms with Crippen LogP contribution >= 0.6 is 15.9 Å². The Hall–Kier alpha value is -2.74. The molecule has 0 radical (unpaired) electrons. The minimum atomic E-state index is -0.504. The maximum Gasteiger partial charge on any atom is 0.269 e. The predicted molar refractivity (Wildman–Crippen MR) is 109 cm³/mol. The van der Waals surface area contributed by atoms with Crippen molar-refractivity contribution in [2.24, 2.45) is 0 Å². The van der Waals surface area contributed by atoms with Gasteiger partial charge in [0.1, 0.15) is 0 Å². The number of halogens is 1. The Labute approximate surface area is 172 Å². The van der Waals surface area contributed by atoms with Crippen LogP contribution in [-0.4, -0.2) is 31.6 Å². The molecule has 8 heteroatoms. The van der Waals surface area contributed by atoms with Crippen molar-refractivity contribution in [2.45, 2.75) is 20.8 Å². The topological polar surface area (TPSA) is 85.9 Å². The molecule has 0 atom stereocenters. The van der Waals surface area contributed by atoms with Crippen LogP contribution in [0.3, 0.4) is 0 Å². The first kappa shape index (κ1) is 21.6. The zero-order chi connectivity index (χ0) is 20.5. The van der Waals surface area contributed by atoms with Crippen molar-refractivity contribution in [3.05, 3.63) is 52.0 Å². The van der Waals surface area contributed by atoms with E-state index in [4.69, 9.17) is 14.2 Å². The highest BCUT2D eigenvalue weighted by Gasteiger charge is 2.19. The van der Waals surface area contributed by atoms with Gasteiger partial charge in [-0.2, -0.15) is 0 Å². The third-order valence-corrected chi connectivity index (χ3v) is 4.10. The lowest BCUT2D eigenvalue weighted by molar-refractivity contribution is 0.0846. The van der Waals surface area contributed by atoms with Gasteiger partial charge in [0, 0.05) is 15.6 Å². The second-order valence-electron chi connectivity index (χ2n) is 5.52. The standard InChI is InChI=1S/C20H23BrN2O5/c1-4-26-16-11-14(12-17(27-5-2)18(16)28-6-3)20(25)23-22-19(24)13-7-9-15(21)10-8-13/h7-12H,4-6H2,1-3H3,(H,22,24)(H,23,25). The van der Waals surface area contributed by atoms with Crippen LogP contribution in [0.4, 0.5) is 0 Å². The highest BCUT2D eigenvalue weighted by molar-refractivity contribution is 9.10. The average molecular weight is 451 g/mol. The molecule has 0 aliphatic rings. The molecule has 0 unspecified atom stereocenters. The minimum Gasteiger partial charge on any atom is -0.490 e. The number of hydrogen-bond acceptors (Lipinski definition) is 5. The van der Waals surface area contributed by atoms with E-state index >= 15 is 0 Å². The van der Waals surface area contributed by atoms with Gasteiger partial charge in [0.25, 0.3) is 11.8 Å². The number of ether oxygens (including phenoxy) is 3. The van der Waals surface area contributed by atoms with Gasteiger partial charge in [0.2, 0.25) is 5.75 Å². The van der Waals surface area contributed by atoms with Crippen LogP contribution in [-0.2, 0) is 0 Å². The average Bonchev–Trinajstić information content (AvgIpc) is 2.69. The Morgan fingerprint density at radius 2 is 1.25 bits per heavy atom. The van der Waals surface area contributed by atoms with E-state index in [9.17, 15) is 9.59 Å². The maximum atomic E-state index is 12.5. The van der Waals surface area contributed by atoms with Gasteiger partial charge in [-0.25, -0.2) is 0 Å². The molecule has 2 aromatic rings. The number of rotatable bonds is 8. The number of amides is 2. The second-order valence-corrected chi connectivity index (χ2v) is 6.43. The normalized spacial score (nSPS) is 10.1. The molecular formula is C20H23BrN2O5. The van der Waals surface area contributed by atoms with E-state index in [1.807, 2.05) is 20.8 Å². The fourth-order valence-electron chi connectivity index (χ4n) is 2.38. The molecule has 0 bridgehead atoms. The van der Waals surface area contributed by atoms with Gasteiger partial charge in [-0.15, -0.1) is 0 Å². The van der Waals surface area contributed by atoms with Crippen molar-refractivity contribution < 1.29 is 23.8 Å². The molecule has 28 heavy (non-hydrogen) atoms. The van der Waals surface area contributed by atoms with Gasteiger partial charge in [0.15, 0.2) is 11.5 Å². The van der Waals surface area contributed by atoms with Gasteiger partial charge in [-0.3, -0.25) is 20.4 Å². The number of carbonyl (C=O) groups excluding carboxylic acids is 2. The van der Waals surface area contributed by atoms with E-state index in [1.54, 1.807) is 36.4 Å². The molecule has 7 nitrogen and oxygen atoms in total. The van der Waals surface area contributed by atoms with Crippen LogP contribution in [0.2, 0.25) is 0 Å². The number of nitrogens with one attached hydrogen (secondary N) is 2. The Balaban J connectivity index is 2.18. The summed E-state index contributed by atoms with van der Waals surface area (Å²) in [4.78, 5) is 24.7. The fraction of sp³-hybridized carbons (Fsp3) is 0.300. The number of hydrogen-bond donors (Lipinski definition) is 2. The summed E-state index contributed by atoms with van der Waals surface area (Å²) >= 11 is 3.31. The first-order valence-corrected chi connectivity index (χ1v) is 9.72. The predicted octanol–water partition coefficient (Wildman–Crippen LogP) is 3.72. The second kappa shape index (κ2) is 10.6. The quantitative estimate of drug-likeness (QED) is 0.598. The number of hydrazine groups is 1. The highest BCUT2D eigenvalue weighted by Crippen LogP contribution is 2.39. The van der Waals surface area contributed by atoms with Crippen LogP contribution in [0, 0.1) is 0 Å². The van der Waals surface area contributed by atoms with Gasteiger partial charge in [0.05, 0.1) is 19.8 Å². The van der Waals surface area contributed by atoms with E-state index in [2.05, 4.69) is 26.8 Å². The van der Waals surface area contributed by atoms with Crippen LogP contribution in [0.15, 0.2) is 40.9 Å². The van der Waals surface area contributed by atoms with Crippen molar-refractivity contribution in [3.63, 3.8) is 0 Å². The largest absolute Gasteiger partial charge is 0.490 e. The molecular weight excluding hydrogens is 428 g/mol. The first-order valence-electron chi connectivity index (χ1n) is 8.92. The van der Waals surface area contributed by atoms with Gasteiger partial charge in [-0.05, 0) is 57.2 Å². The molecule has 0 aliphatic carbocycles. The zero-order valence-corrected chi connectivity index (χ0v) is 17.6. The van der Waals surface area contributed by atoms with E-state index in [0.717, 1.165) is 4.47 Å². The Morgan fingerprint density at radius 1 is 0.786 bits per heavy atom. The van der Waals surface area contributed by atoms with Gasteiger partial charge < -0.3 is 14.2 Å². The molecule has 0 aliphatic heterocycles. The molecule has 0 fully saturated rings. The van der Waals surface area contributed by atoms with Crippen molar-refractivity contribution in [1.29, 1.82) is 0 Å². The molecule has 0 spiro atoms. The van der Waals surface area contributed by atoms with Gasteiger partial charge >= 0.3 is 0 Å². The SMILES string of the molecule is CCOc1cc(C(=O)NNC(=O)c2ccc(Br)cc2)cc(OCC)c1OCC. The monoisotopic (exact) mass is 450 g/mol. The lowest BCUT2D eigenvalue weighted by Gasteiger charge is -2.17. The number of carbonyl (C=O) groups is 2. The Morgan fingerprint density at radius 3 is 1.71 bits per heavy atom. The third-order valence-electron chi connectivity index (χ3n) is 3.57. The molecule has 2 N–H and O–H groups in total. The summed E-state index contributed by atoms with van der Waals surface area (Å²) in [5.74, 6) is 0.318. The van der Waals surface area contributed by atoms with Crippen molar-refractivity contribution >= 4 is 27.7 Å². The maximum absolute atomic E-state index is 12.5. The molecule has 0 saturated heterocycles. The first-order chi connectivity index (χ1) is 13.5. The van der Waals surface area contributed by atoms with Crippen LogP contribution in [0.5, 0.6) is 17.2 Å². The molecule has 2 aromatic carbocycles.